The minimum atomic E-state index is -0.272. The summed E-state index contributed by atoms with van der Waals surface area (Å²) in [5.41, 5.74) is 7.34. The molecule has 0 atom stereocenters. The van der Waals surface area contributed by atoms with E-state index in [0.717, 1.165) is 24.1 Å². The lowest BCUT2D eigenvalue weighted by atomic mass is 10.2. The predicted octanol–water partition coefficient (Wildman–Crippen LogP) is 1.87. The van der Waals surface area contributed by atoms with Crippen LogP contribution in [0.1, 0.15) is 18.4 Å². The number of hydrogen-bond donors (Lipinski definition) is 2. The van der Waals surface area contributed by atoms with Crippen LogP contribution in [0.3, 0.4) is 0 Å². The Morgan fingerprint density at radius 3 is 2.89 bits per heavy atom. The van der Waals surface area contributed by atoms with E-state index in [1.54, 1.807) is 6.07 Å². The second kappa shape index (κ2) is 3.97. The first-order chi connectivity index (χ1) is 8.63. The van der Waals surface area contributed by atoms with Crippen molar-refractivity contribution in [2.24, 2.45) is 0 Å². The molecule has 0 radical (unpaired) electrons. The van der Waals surface area contributed by atoms with E-state index < -0.39 is 0 Å². The summed E-state index contributed by atoms with van der Waals surface area (Å²) < 4.78 is 14.6. The fourth-order valence-electron chi connectivity index (χ4n) is 1.83. The summed E-state index contributed by atoms with van der Waals surface area (Å²) in [6.45, 7) is 1.81. The van der Waals surface area contributed by atoms with Crippen LogP contribution in [0.4, 0.5) is 16.3 Å². The van der Waals surface area contributed by atoms with Gasteiger partial charge in [0.15, 0.2) is 0 Å². The number of aryl methyl sites for hydroxylation is 1. The van der Waals surface area contributed by atoms with Crippen molar-refractivity contribution in [3.8, 4) is 5.69 Å². The van der Waals surface area contributed by atoms with Gasteiger partial charge in [-0.05, 0) is 43.5 Å². The van der Waals surface area contributed by atoms with Gasteiger partial charge in [-0.3, -0.25) is 0 Å². The van der Waals surface area contributed by atoms with Crippen LogP contribution in [0, 0.1) is 12.7 Å². The molecule has 0 spiro atoms. The highest BCUT2D eigenvalue weighted by Crippen LogP contribution is 2.24. The molecule has 1 aromatic heterocycles. The third-order valence-electron chi connectivity index (χ3n) is 2.93. The second-order valence-electron chi connectivity index (χ2n) is 4.55. The van der Waals surface area contributed by atoms with Crippen molar-refractivity contribution in [2.75, 3.05) is 11.1 Å². The van der Waals surface area contributed by atoms with Crippen LogP contribution in [-0.2, 0) is 0 Å². The Labute approximate surface area is 104 Å². The van der Waals surface area contributed by atoms with Gasteiger partial charge in [-0.15, -0.1) is 5.10 Å². The molecule has 0 bridgehead atoms. The maximum absolute atomic E-state index is 13.1. The van der Waals surface area contributed by atoms with Gasteiger partial charge in [0.25, 0.3) is 0 Å². The highest BCUT2D eigenvalue weighted by Gasteiger charge is 2.23. The first kappa shape index (κ1) is 11.0. The number of nitrogens with one attached hydrogen (secondary N) is 1. The molecule has 0 saturated heterocycles. The van der Waals surface area contributed by atoms with Crippen molar-refractivity contribution >= 4 is 11.9 Å². The molecule has 5 nitrogen and oxygen atoms in total. The van der Waals surface area contributed by atoms with E-state index in [1.165, 1.54) is 16.8 Å². The van der Waals surface area contributed by atoms with Gasteiger partial charge < -0.3 is 11.1 Å². The third-order valence-corrected chi connectivity index (χ3v) is 2.93. The zero-order valence-electron chi connectivity index (χ0n) is 10.0. The standard InChI is InChI=1S/C12H14FN5/c1-7-6-8(13)2-5-10(7)18-11(14)16-12(17-18)15-9-3-4-9/h2,5-6,9H,3-4H2,1H3,(H3,14,15,16,17). The minimum Gasteiger partial charge on any atom is -0.368 e. The molecule has 1 aliphatic rings. The predicted molar refractivity (Wildman–Crippen MR) is 67.1 cm³/mol. The molecule has 1 heterocycles. The molecule has 0 aliphatic heterocycles. The lowest BCUT2D eigenvalue weighted by Crippen LogP contribution is -2.05. The van der Waals surface area contributed by atoms with Gasteiger partial charge in [-0.1, -0.05) is 0 Å². The molecular formula is C12H14FN5. The van der Waals surface area contributed by atoms with Gasteiger partial charge in [-0.25, -0.2) is 4.39 Å². The minimum absolute atomic E-state index is 0.272. The van der Waals surface area contributed by atoms with E-state index in [4.69, 9.17) is 5.73 Å². The second-order valence-corrected chi connectivity index (χ2v) is 4.55. The summed E-state index contributed by atoms with van der Waals surface area (Å²) in [6, 6.07) is 4.95. The fraction of sp³-hybridized carbons (Fsp3) is 0.333. The number of benzene rings is 1. The first-order valence-electron chi connectivity index (χ1n) is 5.89. The zero-order valence-corrected chi connectivity index (χ0v) is 10.0. The number of rotatable bonds is 3. The normalized spacial score (nSPS) is 14.8. The Hall–Kier alpha value is -2.11. The molecule has 1 aliphatic carbocycles. The molecule has 6 heteroatoms. The van der Waals surface area contributed by atoms with Crippen LogP contribution in [0.25, 0.3) is 5.69 Å². The smallest absolute Gasteiger partial charge is 0.244 e. The highest BCUT2D eigenvalue weighted by atomic mass is 19.1. The van der Waals surface area contributed by atoms with Gasteiger partial charge in [0, 0.05) is 6.04 Å². The van der Waals surface area contributed by atoms with Gasteiger partial charge in [0.05, 0.1) is 5.69 Å². The molecule has 18 heavy (non-hydrogen) atoms. The molecule has 0 amide bonds. The number of nitrogens with zero attached hydrogens (tertiary/aromatic N) is 3. The van der Waals surface area contributed by atoms with Gasteiger partial charge in [0.1, 0.15) is 5.82 Å². The molecular weight excluding hydrogens is 233 g/mol. The Bertz CT molecular complexity index is 588. The molecule has 3 rings (SSSR count). The van der Waals surface area contributed by atoms with Gasteiger partial charge >= 0.3 is 0 Å². The fourth-order valence-corrected chi connectivity index (χ4v) is 1.83. The van der Waals surface area contributed by atoms with Crippen molar-refractivity contribution < 1.29 is 4.39 Å². The number of aromatic nitrogens is 3. The number of nitrogens with two attached hydrogens (primary N) is 1. The van der Waals surface area contributed by atoms with Gasteiger partial charge in [0.2, 0.25) is 11.9 Å². The number of anilines is 2. The zero-order chi connectivity index (χ0) is 12.7. The Balaban J connectivity index is 1.96. The van der Waals surface area contributed by atoms with Gasteiger partial charge in [-0.2, -0.15) is 9.67 Å². The van der Waals surface area contributed by atoms with Crippen LogP contribution in [-0.4, -0.2) is 20.8 Å². The van der Waals surface area contributed by atoms with E-state index in [-0.39, 0.29) is 5.82 Å². The number of halogens is 1. The topological polar surface area (TPSA) is 68.8 Å². The maximum atomic E-state index is 13.1. The monoisotopic (exact) mass is 247 g/mol. The van der Waals surface area contributed by atoms with Crippen LogP contribution in [0.2, 0.25) is 0 Å². The van der Waals surface area contributed by atoms with E-state index in [1.807, 2.05) is 6.92 Å². The quantitative estimate of drug-likeness (QED) is 0.868. The Morgan fingerprint density at radius 1 is 1.44 bits per heavy atom. The van der Waals surface area contributed by atoms with Crippen molar-refractivity contribution in [1.29, 1.82) is 0 Å². The summed E-state index contributed by atoms with van der Waals surface area (Å²) >= 11 is 0. The lowest BCUT2D eigenvalue weighted by molar-refractivity contribution is 0.625. The summed E-state index contributed by atoms with van der Waals surface area (Å²) in [7, 11) is 0. The molecule has 1 aromatic carbocycles. The van der Waals surface area contributed by atoms with Crippen LogP contribution >= 0.6 is 0 Å². The molecule has 94 valence electrons. The summed E-state index contributed by atoms with van der Waals surface area (Å²) in [5, 5.41) is 7.48. The average molecular weight is 247 g/mol. The van der Waals surface area contributed by atoms with Crippen LogP contribution in [0.5, 0.6) is 0 Å². The number of hydrogen-bond acceptors (Lipinski definition) is 4. The van der Waals surface area contributed by atoms with E-state index in [2.05, 4.69) is 15.4 Å². The SMILES string of the molecule is Cc1cc(F)ccc1-n1nc(NC2CC2)nc1N. The Morgan fingerprint density at radius 2 is 2.22 bits per heavy atom. The molecule has 1 fully saturated rings. The summed E-state index contributed by atoms with van der Waals surface area (Å²) in [5.74, 6) is 0.554. The summed E-state index contributed by atoms with van der Waals surface area (Å²) in [4.78, 5) is 4.16. The van der Waals surface area contributed by atoms with Crippen LogP contribution in [0.15, 0.2) is 18.2 Å². The molecule has 1 saturated carbocycles. The average Bonchev–Trinajstić information content (AvgIpc) is 3.03. The summed E-state index contributed by atoms with van der Waals surface area (Å²) in [6.07, 6.45) is 2.29. The lowest BCUT2D eigenvalue weighted by Gasteiger charge is -2.06. The molecule has 3 N–H and O–H groups in total. The van der Waals surface area contributed by atoms with E-state index in [0.29, 0.717) is 17.9 Å². The molecule has 0 unspecified atom stereocenters. The first-order valence-corrected chi connectivity index (χ1v) is 5.89. The molecule has 2 aromatic rings. The Kier molecular flexibility index (Phi) is 2.43. The maximum Gasteiger partial charge on any atom is 0.244 e. The van der Waals surface area contributed by atoms with Crippen LogP contribution < -0.4 is 11.1 Å². The van der Waals surface area contributed by atoms with Crippen molar-refractivity contribution in [3.63, 3.8) is 0 Å². The van der Waals surface area contributed by atoms with Crippen molar-refractivity contribution in [2.45, 2.75) is 25.8 Å². The number of nitrogen functional groups attached to an aromatic ring is 1. The van der Waals surface area contributed by atoms with Crippen molar-refractivity contribution in [1.82, 2.24) is 14.8 Å². The van der Waals surface area contributed by atoms with E-state index >= 15 is 0 Å². The van der Waals surface area contributed by atoms with Crippen molar-refractivity contribution in [3.05, 3.63) is 29.6 Å². The third kappa shape index (κ3) is 2.01. The largest absolute Gasteiger partial charge is 0.368 e. The highest BCUT2D eigenvalue weighted by molar-refractivity contribution is 5.46. The van der Waals surface area contributed by atoms with E-state index in [9.17, 15) is 4.39 Å².